The molecule has 0 atom stereocenters. The van der Waals surface area contributed by atoms with Crippen LogP contribution in [0.4, 0.5) is 0 Å². The third-order valence-electron chi connectivity index (χ3n) is 2.90. The van der Waals surface area contributed by atoms with E-state index in [1.54, 1.807) is 17.7 Å². The minimum Gasteiger partial charge on any atom is -0.309 e. The van der Waals surface area contributed by atoms with Crippen molar-refractivity contribution in [1.29, 1.82) is 0 Å². The van der Waals surface area contributed by atoms with Gasteiger partial charge in [-0.2, -0.15) is 0 Å². The molecular formula is C12H16N4O2S. The van der Waals surface area contributed by atoms with Crippen LogP contribution in [0, 0.1) is 0 Å². The summed E-state index contributed by atoms with van der Waals surface area (Å²) in [6.07, 6.45) is 1.71. The summed E-state index contributed by atoms with van der Waals surface area (Å²) in [5, 5.41) is 0.732. The van der Waals surface area contributed by atoms with E-state index in [9.17, 15) is 9.59 Å². The summed E-state index contributed by atoms with van der Waals surface area (Å²) in [4.78, 5) is 28.6. The van der Waals surface area contributed by atoms with Crippen LogP contribution < -0.4 is 11.2 Å². The summed E-state index contributed by atoms with van der Waals surface area (Å²) in [5.74, 6) is 0.842. The van der Waals surface area contributed by atoms with E-state index in [-0.39, 0.29) is 11.2 Å². The zero-order valence-electron chi connectivity index (χ0n) is 11.2. The largest absolute Gasteiger partial charge is 0.332 e. The molecule has 0 N–H and O–H groups in total. The predicted molar refractivity (Wildman–Crippen MR) is 76.8 cm³/mol. The Morgan fingerprint density at radius 3 is 2.58 bits per heavy atom. The number of imidazole rings is 1. The Balaban J connectivity index is 2.96. The van der Waals surface area contributed by atoms with Gasteiger partial charge in [-0.1, -0.05) is 24.8 Å². The molecule has 2 aromatic heterocycles. The van der Waals surface area contributed by atoms with E-state index in [0.717, 1.165) is 15.5 Å². The average molecular weight is 280 g/mol. The molecule has 6 nitrogen and oxygen atoms in total. The second kappa shape index (κ2) is 5.08. The molecule has 0 saturated carbocycles. The highest BCUT2D eigenvalue weighted by Crippen LogP contribution is 2.21. The first-order chi connectivity index (χ1) is 9.02. The molecule has 2 rings (SSSR count). The lowest BCUT2D eigenvalue weighted by molar-refractivity contribution is 0.700. The maximum Gasteiger partial charge on any atom is 0.332 e. The third kappa shape index (κ3) is 2.03. The predicted octanol–water partition coefficient (Wildman–Crippen LogP) is 0.732. The van der Waals surface area contributed by atoms with Crippen molar-refractivity contribution < 1.29 is 0 Å². The molecule has 0 aromatic carbocycles. The molecule has 0 bridgehead atoms. The molecule has 2 heterocycles. The van der Waals surface area contributed by atoms with Gasteiger partial charge in [0.25, 0.3) is 5.56 Å². The number of nitrogens with zero attached hydrogens (tertiary/aromatic N) is 4. The zero-order valence-corrected chi connectivity index (χ0v) is 12.0. The average Bonchev–Trinajstić information content (AvgIpc) is 2.74. The normalized spacial score (nSPS) is 11.1. The summed E-state index contributed by atoms with van der Waals surface area (Å²) in [6, 6.07) is 0. The Labute approximate surface area is 114 Å². The van der Waals surface area contributed by atoms with Crippen LogP contribution in [0.25, 0.3) is 11.2 Å². The smallest absolute Gasteiger partial charge is 0.309 e. The van der Waals surface area contributed by atoms with E-state index < -0.39 is 0 Å². The highest BCUT2D eigenvalue weighted by Gasteiger charge is 2.18. The van der Waals surface area contributed by atoms with Crippen molar-refractivity contribution in [2.24, 2.45) is 14.1 Å². The Hall–Kier alpha value is -1.76. The van der Waals surface area contributed by atoms with Crippen LogP contribution in [0.5, 0.6) is 0 Å². The second-order valence-electron chi connectivity index (χ2n) is 4.10. The van der Waals surface area contributed by atoms with E-state index in [2.05, 4.69) is 11.6 Å². The third-order valence-corrected chi connectivity index (χ3v) is 3.76. The first-order valence-electron chi connectivity index (χ1n) is 5.92. The van der Waals surface area contributed by atoms with Crippen LogP contribution in [-0.4, -0.2) is 24.4 Å². The molecule has 19 heavy (non-hydrogen) atoms. The highest BCUT2D eigenvalue weighted by molar-refractivity contribution is 7.99. The van der Waals surface area contributed by atoms with Gasteiger partial charge < -0.3 is 4.57 Å². The fourth-order valence-corrected chi connectivity index (χ4v) is 2.70. The standard InChI is InChI=1S/C12H16N4O2S/c1-5-7-16-8-9(13-11(16)19-6-2)14(3)12(18)15(4)10(8)17/h5H,1,6-7H2,2-4H3. The maximum absolute atomic E-state index is 12.3. The minimum atomic E-state index is -0.367. The fourth-order valence-electron chi connectivity index (χ4n) is 1.96. The maximum atomic E-state index is 12.3. The Kier molecular flexibility index (Phi) is 3.66. The van der Waals surface area contributed by atoms with Gasteiger partial charge in [0.2, 0.25) is 0 Å². The molecule has 0 amide bonds. The molecular weight excluding hydrogens is 264 g/mol. The van der Waals surface area contributed by atoms with Crippen molar-refractivity contribution >= 4 is 22.9 Å². The van der Waals surface area contributed by atoms with Crippen molar-refractivity contribution in [3.05, 3.63) is 33.5 Å². The molecule has 7 heteroatoms. The first kappa shape index (κ1) is 13.7. The summed E-state index contributed by atoms with van der Waals surface area (Å²) in [6.45, 7) is 6.21. The number of allylic oxidation sites excluding steroid dienone is 1. The summed E-state index contributed by atoms with van der Waals surface area (Å²) >= 11 is 1.54. The molecule has 0 saturated heterocycles. The van der Waals surface area contributed by atoms with Gasteiger partial charge in [0.1, 0.15) is 0 Å². The lowest BCUT2D eigenvalue weighted by Gasteiger charge is -2.06. The molecule has 0 aliphatic heterocycles. The van der Waals surface area contributed by atoms with Crippen LogP contribution in [0.2, 0.25) is 0 Å². The molecule has 0 spiro atoms. The highest BCUT2D eigenvalue weighted by atomic mass is 32.2. The van der Waals surface area contributed by atoms with Gasteiger partial charge in [-0.15, -0.1) is 6.58 Å². The molecule has 0 aliphatic rings. The van der Waals surface area contributed by atoms with E-state index in [4.69, 9.17) is 0 Å². The monoisotopic (exact) mass is 280 g/mol. The minimum absolute atomic E-state index is 0.324. The summed E-state index contributed by atoms with van der Waals surface area (Å²) < 4.78 is 4.30. The molecule has 0 radical (unpaired) electrons. The zero-order chi connectivity index (χ0) is 14.2. The van der Waals surface area contributed by atoms with Crippen molar-refractivity contribution in [2.75, 3.05) is 5.75 Å². The second-order valence-corrected chi connectivity index (χ2v) is 5.34. The molecule has 2 aromatic rings. The molecule has 102 valence electrons. The Morgan fingerprint density at radius 1 is 1.32 bits per heavy atom. The van der Waals surface area contributed by atoms with Crippen LogP contribution in [-0.2, 0) is 20.6 Å². The summed E-state index contributed by atoms with van der Waals surface area (Å²) in [5.41, 5.74) is 0.176. The van der Waals surface area contributed by atoms with Crippen LogP contribution in [0.3, 0.4) is 0 Å². The summed E-state index contributed by atoms with van der Waals surface area (Å²) in [7, 11) is 3.09. The van der Waals surface area contributed by atoms with Gasteiger partial charge in [0.05, 0.1) is 0 Å². The molecule has 0 unspecified atom stereocenters. The van der Waals surface area contributed by atoms with Crippen molar-refractivity contribution in [2.45, 2.75) is 18.6 Å². The lowest BCUT2D eigenvalue weighted by atomic mass is 10.5. The topological polar surface area (TPSA) is 61.8 Å². The van der Waals surface area contributed by atoms with Gasteiger partial charge >= 0.3 is 5.69 Å². The SMILES string of the molecule is C=CCn1c(SCC)nc2c1c(=O)n(C)c(=O)n2C. The Morgan fingerprint density at radius 2 is 2.00 bits per heavy atom. The van der Waals surface area contributed by atoms with Gasteiger partial charge in [0, 0.05) is 20.6 Å². The number of fused-ring (bicyclic) bond motifs is 1. The number of hydrogen-bond acceptors (Lipinski definition) is 4. The number of rotatable bonds is 4. The van der Waals surface area contributed by atoms with Crippen molar-refractivity contribution in [3.63, 3.8) is 0 Å². The van der Waals surface area contributed by atoms with E-state index >= 15 is 0 Å². The fraction of sp³-hybridized carbons (Fsp3) is 0.417. The number of aryl methyl sites for hydroxylation is 1. The number of thioether (sulfide) groups is 1. The quantitative estimate of drug-likeness (QED) is 0.612. The lowest BCUT2D eigenvalue weighted by Crippen LogP contribution is -2.37. The van der Waals surface area contributed by atoms with E-state index in [1.807, 2.05) is 6.92 Å². The van der Waals surface area contributed by atoms with E-state index in [0.29, 0.717) is 17.7 Å². The number of aromatic nitrogens is 4. The van der Waals surface area contributed by atoms with E-state index in [1.165, 1.54) is 23.4 Å². The van der Waals surface area contributed by atoms with Crippen molar-refractivity contribution in [3.8, 4) is 0 Å². The Bertz CT molecular complexity index is 754. The molecule has 0 fully saturated rings. The number of hydrogen-bond donors (Lipinski definition) is 0. The van der Waals surface area contributed by atoms with Crippen LogP contribution in [0.1, 0.15) is 6.92 Å². The first-order valence-corrected chi connectivity index (χ1v) is 6.91. The van der Waals surface area contributed by atoms with Crippen LogP contribution >= 0.6 is 11.8 Å². The van der Waals surface area contributed by atoms with Gasteiger partial charge in [-0.05, 0) is 5.75 Å². The van der Waals surface area contributed by atoms with Crippen LogP contribution in [0.15, 0.2) is 27.4 Å². The van der Waals surface area contributed by atoms with Gasteiger partial charge in [-0.3, -0.25) is 13.9 Å². The van der Waals surface area contributed by atoms with Gasteiger partial charge in [0.15, 0.2) is 16.3 Å². The van der Waals surface area contributed by atoms with Crippen molar-refractivity contribution in [1.82, 2.24) is 18.7 Å². The molecule has 0 aliphatic carbocycles. The van der Waals surface area contributed by atoms with Gasteiger partial charge in [-0.25, -0.2) is 9.78 Å².